The maximum atomic E-state index is 11.0. The normalized spacial score (nSPS) is 11.6. The number of carbonyl (C=O) groups is 1. The quantitative estimate of drug-likeness (QED) is 0.366. The van der Waals surface area contributed by atoms with Crippen molar-refractivity contribution in [2.75, 3.05) is 6.61 Å². The highest BCUT2D eigenvalue weighted by molar-refractivity contribution is 5.98. The van der Waals surface area contributed by atoms with Gasteiger partial charge in [0.05, 0.1) is 6.61 Å². The van der Waals surface area contributed by atoms with Crippen LogP contribution in [0.5, 0.6) is 0 Å². The fourth-order valence-electron chi connectivity index (χ4n) is 1.16. The molecule has 0 aromatic heterocycles. The Bertz CT molecular complexity index is 169. The van der Waals surface area contributed by atoms with Gasteiger partial charge in [-0.2, -0.15) is 0 Å². The third kappa shape index (κ3) is 7.09. The van der Waals surface area contributed by atoms with E-state index in [0.717, 1.165) is 29.7 Å². The van der Waals surface area contributed by atoms with Gasteiger partial charge in [0.1, 0.15) is 10.5 Å². The number of unbranched alkanes of at least 4 members (excludes halogenated alkanes) is 1. The molecule has 0 fully saturated rings. The Labute approximate surface area is 89.7 Å². The number of hydrogen-bond donors (Lipinski definition) is 0. The summed E-state index contributed by atoms with van der Waals surface area (Å²) < 4.78 is 10.3. The molecule has 0 aliphatic heterocycles. The maximum Gasteiger partial charge on any atom is 0.305 e. The second kappa shape index (κ2) is 7.01. The lowest BCUT2D eigenvalue weighted by atomic mass is 10.0. The molecular weight excluding hydrogens is 196 g/mol. The summed E-state index contributed by atoms with van der Waals surface area (Å²) in [6.07, 6.45) is 3.46. The molecule has 0 aliphatic rings. The van der Waals surface area contributed by atoms with E-state index in [0.29, 0.717) is 13.0 Å². The van der Waals surface area contributed by atoms with Crippen LogP contribution in [0.3, 0.4) is 0 Å². The molecule has 0 saturated carbocycles. The van der Waals surface area contributed by atoms with E-state index < -0.39 is 0 Å². The number of esters is 1. The molecule has 3 nitrogen and oxygen atoms in total. The average molecular weight is 218 g/mol. The number of hydrogen-bond acceptors (Lipinski definition) is 3. The van der Waals surface area contributed by atoms with Crippen molar-refractivity contribution >= 4 is 16.5 Å². The van der Waals surface area contributed by atoms with Crippen LogP contribution < -0.4 is 0 Å². The topological polar surface area (TPSA) is 35.5 Å². The molecule has 0 aromatic carbocycles. The molecule has 0 spiro atoms. The first-order valence-electron chi connectivity index (χ1n) is 5.22. The van der Waals surface area contributed by atoms with E-state index in [9.17, 15) is 4.79 Å². The molecule has 4 heteroatoms. The van der Waals surface area contributed by atoms with Crippen LogP contribution in [-0.2, 0) is 14.0 Å². The Morgan fingerprint density at radius 3 is 2.50 bits per heavy atom. The zero-order valence-corrected chi connectivity index (χ0v) is 11.8. The smallest absolute Gasteiger partial charge is 0.305 e. The Kier molecular flexibility index (Phi) is 6.83. The first-order chi connectivity index (χ1) is 6.52. The van der Waals surface area contributed by atoms with E-state index in [1.807, 2.05) is 6.92 Å². The standard InChI is InChI=1S/C10H22O3Si/c1-4-12-9(11)7-5-6-8-10(2,3)13-14/h4-8H2,1-3,14H3. The first kappa shape index (κ1) is 13.6. The van der Waals surface area contributed by atoms with E-state index in [2.05, 4.69) is 13.8 Å². The predicted molar refractivity (Wildman–Crippen MR) is 60.2 cm³/mol. The van der Waals surface area contributed by atoms with E-state index in [1.54, 1.807) is 0 Å². The van der Waals surface area contributed by atoms with Gasteiger partial charge in [-0.1, -0.05) is 6.42 Å². The van der Waals surface area contributed by atoms with Gasteiger partial charge in [-0.05, 0) is 33.6 Å². The zero-order valence-electron chi connectivity index (χ0n) is 9.76. The predicted octanol–water partition coefficient (Wildman–Crippen LogP) is 1.19. The minimum absolute atomic E-state index is 0.0130. The summed E-state index contributed by atoms with van der Waals surface area (Å²) in [5.74, 6) is -0.0860. The third-order valence-corrected chi connectivity index (χ3v) is 3.37. The first-order valence-corrected chi connectivity index (χ1v) is 6.04. The minimum atomic E-state index is -0.0860. The van der Waals surface area contributed by atoms with Gasteiger partial charge in [0.25, 0.3) is 0 Å². The van der Waals surface area contributed by atoms with Crippen LogP contribution in [0.25, 0.3) is 0 Å². The summed E-state index contributed by atoms with van der Waals surface area (Å²) in [5.41, 5.74) is -0.0130. The summed E-state index contributed by atoms with van der Waals surface area (Å²) in [7, 11) is 0.772. The van der Waals surface area contributed by atoms with E-state index in [1.165, 1.54) is 0 Å². The molecule has 14 heavy (non-hydrogen) atoms. The second-order valence-electron chi connectivity index (χ2n) is 3.98. The molecule has 0 aliphatic carbocycles. The van der Waals surface area contributed by atoms with E-state index >= 15 is 0 Å². The van der Waals surface area contributed by atoms with E-state index in [4.69, 9.17) is 9.16 Å². The molecule has 0 aromatic rings. The highest BCUT2D eigenvalue weighted by Gasteiger charge is 2.14. The summed E-state index contributed by atoms with van der Waals surface area (Å²) in [6, 6.07) is 0. The van der Waals surface area contributed by atoms with Gasteiger partial charge in [0, 0.05) is 12.0 Å². The molecule has 0 heterocycles. The van der Waals surface area contributed by atoms with Gasteiger partial charge < -0.3 is 9.16 Å². The Morgan fingerprint density at radius 2 is 2.00 bits per heavy atom. The Morgan fingerprint density at radius 1 is 1.36 bits per heavy atom. The van der Waals surface area contributed by atoms with Crippen LogP contribution >= 0.6 is 0 Å². The highest BCUT2D eigenvalue weighted by atomic mass is 28.2. The van der Waals surface area contributed by atoms with Crippen LogP contribution in [0, 0.1) is 0 Å². The molecule has 0 radical (unpaired) electrons. The fraction of sp³-hybridized carbons (Fsp3) is 0.900. The molecule has 0 amide bonds. The lowest BCUT2D eigenvalue weighted by Crippen LogP contribution is -2.22. The monoisotopic (exact) mass is 218 g/mol. The summed E-state index contributed by atoms with van der Waals surface area (Å²) in [5, 5.41) is 0. The van der Waals surface area contributed by atoms with Crippen LogP contribution in [-0.4, -0.2) is 28.7 Å². The Hall–Kier alpha value is -0.353. The molecule has 0 unspecified atom stereocenters. The van der Waals surface area contributed by atoms with Crippen LogP contribution in [0.1, 0.15) is 46.5 Å². The average Bonchev–Trinajstić information content (AvgIpc) is 2.13. The number of carbonyl (C=O) groups excluding carboxylic acids is 1. The van der Waals surface area contributed by atoms with Gasteiger partial charge in [-0.3, -0.25) is 4.79 Å². The van der Waals surface area contributed by atoms with E-state index in [-0.39, 0.29) is 11.6 Å². The van der Waals surface area contributed by atoms with Crippen molar-refractivity contribution in [3.63, 3.8) is 0 Å². The third-order valence-electron chi connectivity index (χ3n) is 2.27. The van der Waals surface area contributed by atoms with Crippen LogP contribution in [0.4, 0.5) is 0 Å². The number of ether oxygens (including phenoxy) is 1. The molecule has 0 N–H and O–H groups in total. The van der Waals surface area contributed by atoms with Crippen molar-refractivity contribution < 1.29 is 14.0 Å². The summed E-state index contributed by atoms with van der Waals surface area (Å²) in [4.78, 5) is 11.0. The SMILES string of the molecule is CCOC(=O)CCCCC(C)(C)O[SiH3]. The molecule has 84 valence electrons. The largest absolute Gasteiger partial charge is 0.466 e. The summed E-state index contributed by atoms with van der Waals surface area (Å²) in [6.45, 7) is 6.49. The Balaban J connectivity index is 3.42. The fourth-order valence-corrected chi connectivity index (χ4v) is 1.36. The summed E-state index contributed by atoms with van der Waals surface area (Å²) >= 11 is 0. The lowest BCUT2D eigenvalue weighted by molar-refractivity contribution is -0.143. The second-order valence-corrected chi connectivity index (χ2v) is 4.38. The maximum absolute atomic E-state index is 11.0. The van der Waals surface area contributed by atoms with Gasteiger partial charge in [0.15, 0.2) is 0 Å². The van der Waals surface area contributed by atoms with Crippen molar-refractivity contribution in [3.05, 3.63) is 0 Å². The van der Waals surface area contributed by atoms with Crippen LogP contribution in [0.15, 0.2) is 0 Å². The zero-order chi connectivity index (χ0) is 11.0. The van der Waals surface area contributed by atoms with Gasteiger partial charge in [-0.15, -0.1) is 0 Å². The van der Waals surface area contributed by atoms with Crippen molar-refractivity contribution in [3.8, 4) is 0 Å². The molecule has 0 bridgehead atoms. The highest BCUT2D eigenvalue weighted by Crippen LogP contribution is 2.16. The molecular formula is C10H22O3Si. The van der Waals surface area contributed by atoms with Crippen LogP contribution in [0.2, 0.25) is 0 Å². The van der Waals surface area contributed by atoms with Gasteiger partial charge >= 0.3 is 5.97 Å². The van der Waals surface area contributed by atoms with Gasteiger partial charge in [0.2, 0.25) is 0 Å². The minimum Gasteiger partial charge on any atom is -0.466 e. The van der Waals surface area contributed by atoms with Crippen molar-refractivity contribution in [2.24, 2.45) is 0 Å². The lowest BCUT2D eigenvalue weighted by Gasteiger charge is -2.23. The molecule has 0 saturated heterocycles. The van der Waals surface area contributed by atoms with Crippen molar-refractivity contribution in [1.29, 1.82) is 0 Å². The van der Waals surface area contributed by atoms with Crippen molar-refractivity contribution in [2.45, 2.75) is 52.1 Å². The molecule has 0 atom stereocenters. The number of rotatable bonds is 7. The van der Waals surface area contributed by atoms with Crippen molar-refractivity contribution in [1.82, 2.24) is 0 Å². The molecule has 0 rings (SSSR count). The van der Waals surface area contributed by atoms with Gasteiger partial charge in [-0.25, -0.2) is 0 Å².